The molecular weight excluding hydrogens is 164 g/mol. The normalized spacial score (nSPS) is 10.5. The van der Waals surface area contributed by atoms with E-state index in [0.717, 1.165) is 22.3 Å². The quantitative estimate of drug-likeness (QED) is 0.757. The van der Waals surface area contributed by atoms with E-state index in [1.165, 1.54) is 0 Å². The lowest BCUT2D eigenvalue weighted by atomic mass is 10.00. The molecule has 1 rings (SSSR count). The number of ether oxygens (including phenoxy) is 1. The van der Waals surface area contributed by atoms with Gasteiger partial charge in [0, 0.05) is 7.11 Å². The van der Waals surface area contributed by atoms with Crippen LogP contribution in [0.3, 0.4) is 0 Å². The number of aromatic hydroxyl groups is 1. The smallest absolute Gasteiger partial charge is 0.122 e. The highest BCUT2D eigenvalue weighted by Gasteiger charge is 2.08. The van der Waals surface area contributed by atoms with Crippen molar-refractivity contribution in [1.82, 2.24) is 0 Å². The Labute approximate surface area is 79.2 Å². The van der Waals surface area contributed by atoms with Crippen LogP contribution in [0.15, 0.2) is 6.07 Å². The van der Waals surface area contributed by atoms with Gasteiger partial charge in [0.2, 0.25) is 0 Å². The second-order valence-electron chi connectivity index (χ2n) is 3.38. The molecule has 0 aliphatic rings. The van der Waals surface area contributed by atoms with Crippen molar-refractivity contribution < 1.29 is 9.84 Å². The van der Waals surface area contributed by atoms with Gasteiger partial charge >= 0.3 is 0 Å². The summed E-state index contributed by atoms with van der Waals surface area (Å²) in [5.41, 5.74) is 4.04. The summed E-state index contributed by atoms with van der Waals surface area (Å²) in [4.78, 5) is 0. The zero-order valence-electron chi connectivity index (χ0n) is 8.64. The molecule has 1 aromatic rings. The number of phenols is 1. The maximum Gasteiger partial charge on any atom is 0.122 e. The molecule has 2 nitrogen and oxygen atoms in total. The third-order valence-corrected chi connectivity index (χ3v) is 2.47. The summed E-state index contributed by atoms with van der Waals surface area (Å²) in [6.07, 6.45) is 0. The molecular formula is C11H16O2. The van der Waals surface area contributed by atoms with Crippen molar-refractivity contribution in [3.05, 3.63) is 28.3 Å². The Morgan fingerprint density at radius 1 is 1.23 bits per heavy atom. The van der Waals surface area contributed by atoms with E-state index in [1.54, 1.807) is 7.11 Å². The van der Waals surface area contributed by atoms with Crippen molar-refractivity contribution >= 4 is 0 Å². The highest BCUT2D eigenvalue weighted by Crippen LogP contribution is 2.27. The van der Waals surface area contributed by atoms with E-state index >= 15 is 0 Å². The first-order chi connectivity index (χ1) is 6.07. The van der Waals surface area contributed by atoms with Crippen LogP contribution in [-0.2, 0) is 11.3 Å². The van der Waals surface area contributed by atoms with Crippen LogP contribution in [0.2, 0.25) is 0 Å². The van der Waals surface area contributed by atoms with Crippen LogP contribution in [0.4, 0.5) is 0 Å². The molecule has 0 atom stereocenters. The molecule has 0 aliphatic heterocycles. The standard InChI is InChI=1S/C11H16O2/c1-7-5-10(6-13-4)9(3)11(12)8(7)2/h5,12H,6H2,1-4H3. The zero-order chi connectivity index (χ0) is 10.0. The van der Waals surface area contributed by atoms with Gasteiger partial charge in [-0.25, -0.2) is 0 Å². The zero-order valence-corrected chi connectivity index (χ0v) is 8.64. The van der Waals surface area contributed by atoms with Gasteiger partial charge in [-0.1, -0.05) is 6.07 Å². The van der Waals surface area contributed by atoms with Gasteiger partial charge < -0.3 is 9.84 Å². The largest absolute Gasteiger partial charge is 0.507 e. The minimum Gasteiger partial charge on any atom is -0.507 e. The predicted molar refractivity (Wildman–Crippen MR) is 53.0 cm³/mol. The molecule has 0 unspecified atom stereocenters. The van der Waals surface area contributed by atoms with E-state index in [2.05, 4.69) is 6.07 Å². The van der Waals surface area contributed by atoms with Gasteiger partial charge in [0.15, 0.2) is 0 Å². The highest BCUT2D eigenvalue weighted by molar-refractivity contribution is 5.48. The molecule has 0 aromatic heterocycles. The minimum absolute atomic E-state index is 0.395. The molecule has 0 heterocycles. The predicted octanol–water partition coefficient (Wildman–Crippen LogP) is 2.46. The molecule has 72 valence electrons. The van der Waals surface area contributed by atoms with Crippen molar-refractivity contribution in [2.24, 2.45) is 0 Å². The van der Waals surface area contributed by atoms with Crippen LogP contribution in [0, 0.1) is 20.8 Å². The molecule has 13 heavy (non-hydrogen) atoms. The van der Waals surface area contributed by atoms with Gasteiger partial charge in [-0.3, -0.25) is 0 Å². The molecule has 0 bridgehead atoms. The fourth-order valence-electron chi connectivity index (χ4n) is 1.40. The SMILES string of the molecule is COCc1cc(C)c(C)c(O)c1C. The van der Waals surface area contributed by atoms with Gasteiger partial charge in [-0.2, -0.15) is 0 Å². The van der Waals surface area contributed by atoms with Crippen LogP contribution < -0.4 is 0 Å². The second kappa shape index (κ2) is 3.79. The lowest BCUT2D eigenvalue weighted by Gasteiger charge is -2.11. The Hall–Kier alpha value is -1.02. The summed E-state index contributed by atoms with van der Waals surface area (Å²) in [6, 6.07) is 2.06. The number of methoxy groups -OCH3 is 1. The molecule has 0 radical (unpaired) electrons. The minimum atomic E-state index is 0.395. The van der Waals surface area contributed by atoms with Gasteiger partial charge in [-0.05, 0) is 43.0 Å². The number of benzene rings is 1. The van der Waals surface area contributed by atoms with E-state index in [9.17, 15) is 5.11 Å². The summed E-state index contributed by atoms with van der Waals surface area (Å²) in [5, 5.41) is 9.74. The first-order valence-electron chi connectivity index (χ1n) is 4.35. The van der Waals surface area contributed by atoms with Crippen LogP contribution in [0.1, 0.15) is 22.3 Å². The van der Waals surface area contributed by atoms with Crippen molar-refractivity contribution in [2.75, 3.05) is 7.11 Å². The van der Waals surface area contributed by atoms with Gasteiger partial charge in [0.1, 0.15) is 5.75 Å². The fraction of sp³-hybridized carbons (Fsp3) is 0.455. The Balaban J connectivity index is 3.24. The molecule has 2 heteroatoms. The molecule has 0 aliphatic carbocycles. The van der Waals surface area contributed by atoms with Crippen molar-refractivity contribution in [3.8, 4) is 5.75 Å². The molecule has 0 saturated carbocycles. The third kappa shape index (κ3) is 1.83. The average Bonchev–Trinajstić information content (AvgIpc) is 2.11. The number of aryl methyl sites for hydroxylation is 1. The topological polar surface area (TPSA) is 29.5 Å². The Morgan fingerprint density at radius 3 is 2.38 bits per heavy atom. The lowest BCUT2D eigenvalue weighted by Crippen LogP contribution is -1.95. The van der Waals surface area contributed by atoms with Crippen molar-refractivity contribution in [2.45, 2.75) is 27.4 Å². The average molecular weight is 180 g/mol. The van der Waals surface area contributed by atoms with Crippen LogP contribution >= 0.6 is 0 Å². The monoisotopic (exact) mass is 180 g/mol. The van der Waals surface area contributed by atoms with E-state index in [1.807, 2.05) is 20.8 Å². The fourth-order valence-corrected chi connectivity index (χ4v) is 1.40. The maximum absolute atomic E-state index is 9.74. The van der Waals surface area contributed by atoms with E-state index in [4.69, 9.17) is 4.74 Å². The van der Waals surface area contributed by atoms with E-state index in [-0.39, 0.29) is 0 Å². The molecule has 0 fully saturated rings. The summed E-state index contributed by atoms with van der Waals surface area (Å²) in [7, 11) is 1.66. The number of hydrogen-bond acceptors (Lipinski definition) is 2. The summed E-state index contributed by atoms with van der Waals surface area (Å²) in [6.45, 7) is 6.39. The highest BCUT2D eigenvalue weighted by atomic mass is 16.5. The molecule has 0 spiro atoms. The molecule has 0 amide bonds. The number of phenolic OH excluding ortho intramolecular Hbond substituents is 1. The van der Waals surface area contributed by atoms with Gasteiger partial charge in [0.25, 0.3) is 0 Å². The van der Waals surface area contributed by atoms with E-state index < -0.39 is 0 Å². The first-order valence-corrected chi connectivity index (χ1v) is 4.35. The summed E-state index contributed by atoms with van der Waals surface area (Å²) < 4.78 is 5.05. The first kappa shape index (κ1) is 10.1. The second-order valence-corrected chi connectivity index (χ2v) is 3.38. The Kier molecular flexibility index (Phi) is 2.94. The van der Waals surface area contributed by atoms with Crippen LogP contribution in [0.5, 0.6) is 5.75 Å². The number of rotatable bonds is 2. The summed E-state index contributed by atoms with van der Waals surface area (Å²) in [5.74, 6) is 0.395. The maximum atomic E-state index is 9.74. The number of hydrogen-bond donors (Lipinski definition) is 1. The van der Waals surface area contributed by atoms with E-state index in [0.29, 0.717) is 12.4 Å². The molecule has 1 aromatic carbocycles. The molecule has 0 saturated heterocycles. The van der Waals surface area contributed by atoms with Crippen molar-refractivity contribution in [1.29, 1.82) is 0 Å². The summed E-state index contributed by atoms with van der Waals surface area (Å²) >= 11 is 0. The van der Waals surface area contributed by atoms with Crippen LogP contribution in [-0.4, -0.2) is 12.2 Å². The Bertz CT molecular complexity index is 316. The van der Waals surface area contributed by atoms with Gasteiger partial charge in [0.05, 0.1) is 6.61 Å². The Morgan fingerprint density at radius 2 is 1.85 bits per heavy atom. The third-order valence-electron chi connectivity index (χ3n) is 2.47. The molecule has 1 N–H and O–H groups in total. The van der Waals surface area contributed by atoms with Gasteiger partial charge in [-0.15, -0.1) is 0 Å². The van der Waals surface area contributed by atoms with Crippen molar-refractivity contribution in [3.63, 3.8) is 0 Å². The van der Waals surface area contributed by atoms with Crippen LogP contribution in [0.25, 0.3) is 0 Å². The lowest BCUT2D eigenvalue weighted by molar-refractivity contribution is 0.184.